The van der Waals surface area contributed by atoms with E-state index in [-0.39, 0.29) is 39.7 Å². The largest absolute Gasteiger partial charge is 0.355 e. The van der Waals surface area contributed by atoms with Crippen molar-refractivity contribution in [3.05, 3.63) is 80.9 Å². The van der Waals surface area contributed by atoms with Crippen LogP contribution in [0.25, 0.3) is 0 Å². The molecule has 1 fully saturated rings. The van der Waals surface area contributed by atoms with E-state index >= 15 is 0 Å². The van der Waals surface area contributed by atoms with Gasteiger partial charge in [0.05, 0.1) is 17.4 Å². The van der Waals surface area contributed by atoms with E-state index < -0.39 is 5.41 Å². The Morgan fingerprint density at radius 2 is 1.91 bits per heavy atom. The highest BCUT2D eigenvalue weighted by atomic mass is 35.5. The van der Waals surface area contributed by atoms with Gasteiger partial charge < -0.3 is 15.5 Å². The summed E-state index contributed by atoms with van der Waals surface area (Å²) in [4.78, 5) is 43.6. The Hall–Kier alpha value is -3.72. The van der Waals surface area contributed by atoms with Crippen LogP contribution in [0, 0.1) is 0 Å². The third-order valence-electron chi connectivity index (χ3n) is 6.03. The number of aromatic nitrogens is 3. The minimum Gasteiger partial charge on any atom is -0.355 e. The number of amides is 2. The van der Waals surface area contributed by atoms with Gasteiger partial charge in [-0.15, -0.1) is 0 Å². The quantitative estimate of drug-likeness (QED) is 0.466. The van der Waals surface area contributed by atoms with E-state index in [9.17, 15) is 14.4 Å². The van der Waals surface area contributed by atoms with Crippen LogP contribution in [0.4, 0.5) is 11.5 Å². The maximum Gasteiger partial charge on any atom is 0.264 e. The zero-order valence-corrected chi connectivity index (χ0v) is 19.8. The van der Waals surface area contributed by atoms with Crippen LogP contribution in [0.5, 0.6) is 0 Å². The number of hydrogen-bond acceptors (Lipinski definition) is 6. The summed E-state index contributed by atoms with van der Waals surface area (Å²) in [5.74, 6) is 0.114. The number of carbonyl (C=O) groups excluding carboxylic acids is 2. The predicted octanol–water partition coefficient (Wildman–Crippen LogP) is 2.70. The van der Waals surface area contributed by atoms with Gasteiger partial charge in [-0.3, -0.25) is 14.4 Å². The molecule has 0 unspecified atom stereocenters. The molecule has 34 heavy (non-hydrogen) atoms. The smallest absolute Gasteiger partial charge is 0.264 e. The summed E-state index contributed by atoms with van der Waals surface area (Å²) in [5, 5.41) is 12.2. The highest BCUT2D eigenvalue weighted by Crippen LogP contribution is 2.41. The van der Waals surface area contributed by atoms with Crippen LogP contribution >= 0.6 is 11.6 Å². The van der Waals surface area contributed by atoms with Crippen molar-refractivity contribution in [3.63, 3.8) is 0 Å². The minimum absolute atomic E-state index is 0.149. The molecule has 1 aromatic carbocycles. The summed E-state index contributed by atoms with van der Waals surface area (Å²) in [6.45, 7) is 4.85. The molecule has 2 amide bonds. The third kappa shape index (κ3) is 4.26. The fourth-order valence-electron chi connectivity index (χ4n) is 4.25. The summed E-state index contributed by atoms with van der Waals surface area (Å²) in [6.07, 6.45) is 1.38. The Morgan fingerprint density at radius 1 is 1.18 bits per heavy atom. The van der Waals surface area contributed by atoms with Crippen molar-refractivity contribution in [2.24, 2.45) is 0 Å². The Morgan fingerprint density at radius 3 is 2.56 bits per heavy atom. The molecule has 0 aliphatic carbocycles. The summed E-state index contributed by atoms with van der Waals surface area (Å²) >= 11 is 5.99. The molecule has 3 aromatic rings. The first-order chi connectivity index (χ1) is 16.2. The molecule has 1 aliphatic rings. The maximum atomic E-state index is 13.9. The number of halogens is 1. The van der Waals surface area contributed by atoms with Crippen LogP contribution in [-0.2, 0) is 10.2 Å². The number of aromatic amines is 1. The van der Waals surface area contributed by atoms with Crippen molar-refractivity contribution in [2.75, 3.05) is 30.4 Å². The summed E-state index contributed by atoms with van der Waals surface area (Å²) < 4.78 is 0. The molecule has 0 atom stereocenters. The number of H-pyrrole nitrogens is 1. The van der Waals surface area contributed by atoms with Gasteiger partial charge in [0.1, 0.15) is 16.4 Å². The molecule has 0 saturated carbocycles. The van der Waals surface area contributed by atoms with Gasteiger partial charge in [-0.2, -0.15) is 5.10 Å². The second kappa shape index (κ2) is 9.26. The molecular formula is C24H25ClN6O3. The van der Waals surface area contributed by atoms with Crippen LogP contribution in [0.1, 0.15) is 41.3 Å². The zero-order chi connectivity index (χ0) is 24.5. The number of rotatable bonds is 6. The van der Waals surface area contributed by atoms with E-state index in [1.807, 2.05) is 29.2 Å². The van der Waals surface area contributed by atoms with Crippen LogP contribution in [0.2, 0.25) is 5.15 Å². The van der Waals surface area contributed by atoms with Gasteiger partial charge in [-0.25, -0.2) is 10.1 Å². The minimum atomic E-state index is -0.904. The molecule has 0 bridgehead atoms. The van der Waals surface area contributed by atoms with Crippen molar-refractivity contribution in [1.29, 1.82) is 0 Å². The molecule has 176 valence electrons. The van der Waals surface area contributed by atoms with Gasteiger partial charge in [-0.05, 0) is 29.2 Å². The predicted molar refractivity (Wildman–Crippen MR) is 131 cm³/mol. The van der Waals surface area contributed by atoms with E-state index in [4.69, 9.17) is 11.6 Å². The molecular weight excluding hydrogens is 456 g/mol. The van der Waals surface area contributed by atoms with Crippen molar-refractivity contribution in [2.45, 2.75) is 25.2 Å². The zero-order valence-electron chi connectivity index (χ0n) is 19.1. The van der Waals surface area contributed by atoms with Crippen LogP contribution < -0.4 is 21.1 Å². The van der Waals surface area contributed by atoms with Gasteiger partial charge >= 0.3 is 0 Å². The average Bonchev–Trinajstić information content (AvgIpc) is 2.80. The molecule has 3 heterocycles. The molecule has 9 nitrogen and oxygen atoms in total. The van der Waals surface area contributed by atoms with Gasteiger partial charge in [-0.1, -0.05) is 49.7 Å². The SMILES string of the molecule is CNC(=O)c1cc(Cl)ncc1NC(=O)C1(c2ccccc2C(C)C)CN(c2ccc(=O)[nH]n2)C1. The molecule has 3 N–H and O–H groups in total. The Kier molecular flexibility index (Phi) is 6.39. The number of nitrogens with one attached hydrogen (secondary N) is 3. The first-order valence-corrected chi connectivity index (χ1v) is 11.2. The van der Waals surface area contributed by atoms with Gasteiger partial charge in [0.25, 0.3) is 11.5 Å². The molecule has 1 aliphatic heterocycles. The second-order valence-corrected chi connectivity index (χ2v) is 8.93. The Labute approximate surface area is 201 Å². The summed E-state index contributed by atoms with van der Waals surface area (Å²) in [5.41, 5.74) is 1.27. The lowest BCUT2D eigenvalue weighted by Gasteiger charge is -2.50. The molecule has 0 radical (unpaired) electrons. The van der Waals surface area contributed by atoms with Crippen molar-refractivity contribution >= 4 is 34.9 Å². The molecule has 2 aromatic heterocycles. The van der Waals surface area contributed by atoms with Crippen LogP contribution in [0.15, 0.2) is 53.5 Å². The molecule has 10 heteroatoms. The summed E-state index contributed by atoms with van der Waals surface area (Å²) in [6, 6.07) is 12.3. The Bertz CT molecular complexity index is 1280. The van der Waals surface area contributed by atoms with Crippen LogP contribution in [-0.4, -0.2) is 47.1 Å². The van der Waals surface area contributed by atoms with Crippen molar-refractivity contribution < 1.29 is 9.59 Å². The van der Waals surface area contributed by atoms with E-state index in [1.54, 1.807) is 6.07 Å². The van der Waals surface area contributed by atoms with Crippen LogP contribution in [0.3, 0.4) is 0 Å². The van der Waals surface area contributed by atoms with E-state index in [2.05, 4.69) is 39.7 Å². The number of benzene rings is 1. The van der Waals surface area contributed by atoms with Crippen molar-refractivity contribution in [3.8, 4) is 0 Å². The van der Waals surface area contributed by atoms with E-state index in [0.29, 0.717) is 18.9 Å². The van der Waals surface area contributed by atoms with E-state index in [1.165, 1.54) is 25.4 Å². The third-order valence-corrected chi connectivity index (χ3v) is 6.24. The fraction of sp³-hybridized carbons (Fsp3) is 0.292. The first kappa shape index (κ1) is 23.4. The first-order valence-electron chi connectivity index (χ1n) is 10.8. The normalized spacial score (nSPS) is 14.4. The molecule has 4 rings (SSSR count). The second-order valence-electron chi connectivity index (χ2n) is 8.55. The van der Waals surface area contributed by atoms with Gasteiger partial charge in [0.15, 0.2) is 0 Å². The average molecular weight is 481 g/mol. The summed E-state index contributed by atoms with van der Waals surface area (Å²) in [7, 11) is 1.50. The number of nitrogens with zero attached hydrogens (tertiary/aromatic N) is 3. The standard InChI is InChI=1S/C24H25ClN6O3/c1-14(2)15-6-4-5-7-17(15)24(12-31(13-24)20-8-9-21(32)30-29-20)23(34)28-18-11-27-19(25)10-16(18)22(33)26-3/h4-11,14H,12-13H2,1-3H3,(H,26,33)(H,28,34)(H,30,32). The Balaban J connectivity index is 1.73. The topological polar surface area (TPSA) is 120 Å². The maximum absolute atomic E-state index is 13.9. The van der Waals surface area contributed by atoms with Crippen molar-refractivity contribution in [1.82, 2.24) is 20.5 Å². The lowest BCUT2D eigenvalue weighted by Crippen LogP contribution is -2.66. The monoisotopic (exact) mass is 480 g/mol. The highest BCUT2D eigenvalue weighted by molar-refractivity contribution is 6.30. The lowest BCUT2D eigenvalue weighted by atomic mass is 9.69. The number of pyridine rings is 1. The fourth-order valence-corrected chi connectivity index (χ4v) is 4.40. The molecule has 1 saturated heterocycles. The number of anilines is 2. The van der Waals surface area contributed by atoms with E-state index in [0.717, 1.165) is 11.1 Å². The van der Waals surface area contributed by atoms with Gasteiger partial charge in [0, 0.05) is 26.2 Å². The lowest BCUT2D eigenvalue weighted by molar-refractivity contribution is -0.122. The molecule has 0 spiro atoms. The number of carbonyl (C=O) groups is 2. The number of hydrogen-bond donors (Lipinski definition) is 3. The highest BCUT2D eigenvalue weighted by Gasteiger charge is 2.52. The van der Waals surface area contributed by atoms with Gasteiger partial charge in [0.2, 0.25) is 5.91 Å².